The second kappa shape index (κ2) is 3.22. The first kappa shape index (κ1) is 10.5. The van der Waals surface area contributed by atoms with Crippen LogP contribution < -0.4 is 0 Å². The van der Waals surface area contributed by atoms with Crippen molar-refractivity contribution >= 4 is 7.12 Å². The van der Waals surface area contributed by atoms with E-state index in [9.17, 15) is 0 Å². The summed E-state index contributed by atoms with van der Waals surface area (Å²) in [4.78, 5) is 2.38. The molecule has 2 heterocycles. The average Bonchev–Trinajstić information content (AvgIpc) is 2.13. The van der Waals surface area contributed by atoms with E-state index in [0.717, 1.165) is 6.44 Å². The fraction of sp³-hybridized carbons (Fsp3) is 1.00. The van der Waals surface area contributed by atoms with E-state index in [4.69, 9.17) is 9.31 Å². The minimum atomic E-state index is -0.178. The molecule has 0 amide bonds. The lowest BCUT2D eigenvalue weighted by Gasteiger charge is -2.32. The highest BCUT2D eigenvalue weighted by Gasteiger charge is 2.51. The minimum absolute atomic E-state index is 0.0414. The Bertz CT molecular complexity index is 210. The fourth-order valence-corrected chi connectivity index (χ4v) is 1.81. The highest BCUT2D eigenvalue weighted by atomic mass is 16.7. The Hall–Kier alpha value is -0.0551. The lowest BCUT2D eigenvalue weighted by Crippen LogP contribution is -2.45. The van der Waals surface area contributed by atoms with Gasteiger partial charge in [-0.05, 0) is 47.2 Å². The van der Waals surface area contributed by atoms with Gasteiger partial charge in [0, 0.05) is 6.44 Å². The largest absolute Gasteiger partial charge is 0.472 e. The van der Waals surface area contributed by atoms with Crippen LogP contribution in [0.3, 0.4) is 0 Å². The van der Waals surface area contributed by atoms with Crippen molar-refractivity contribution in [3.8, 4) is 0 Å². The molecular formula is C10H20BNO2. The Morgan fingerprint density at radius 3 is 1.93 bits per heavy atom. The Labute approximate surface area is 86.9 Å². The lowest BCUT2D eigenvalue weighted by atomic mass is 9.88. The Balaban J connectivity index is 1.92. The normalized spacial score (nSPS) is 30.4. The highest BCUT2D eigenvalue weighted by Crippen LogP contribution is 2.36. The monoisotopic (exact) mass is 197 g/mol. The van der Waals surface area contributed by atoms with Crippen molar-refractivity contribution in [1.82, 2.24) is 4.90 Å². The molecular weight excluding hydrogens is 177 g/mol. The maximum Gasteiger partial charge on any atom is 0.472 e. The summed E-state index contributed by atoms with van der Waals surface area (Å²) < 4.78 is 11.8. The second-order valence-electron chi connectivity index (χ2n) is 5.34. The predicted molar refractivity (Wildman–Crippen MR) is 57.1 cm³/mol. The number of likely N-dealkylation sites (tertiary alicyclic amines) is 1. The standard InChI is InChI=1S/C10H20BNO2/c1-9(2)10(3,4)14-11(13-9)8-12-6-5-7-12/h5-8H2,1-4H3. The zero-order valence-electron chi connectivity index (χ0n) is 9.67. The second-order valence-corrected chi connectivity index (χ2v) is 5.34. The molecule has 0 radical (unpaired) electrons. The van der Waals surface area contributed by atoms with Gasteiger partial charge in [-0.3, -0.25) is 0 Å². The molecule has 0 aromatic carbocycles. The summed E-state index contributed by atoms with van der Waals surface area (Å²) in [5.74, 6) is 0. The van der Waals surface area contributed by atoms with Gasteiger partial charge in [0.05, 0.1) is 11.2 Å². The zero-order chi connectivity index (χ0) is 10.4. The first-order valence-electron chi connectivity index (χ1n) is 5.49. The molecule has 0 N–H and O–H groups in total. The third-order valence-corrected chi connectivity index (χ3v) is 3.66. The van der Waals surface area contributed by atoms with Crippen LogP contribution in [0.25, 0.3) is 0 Å². The smallest absolute Gasteiger partial charge is 0.402 e. The molecule has 14 heavy (non-hydrogen) atoms. The average molecular weight is 197 g/mol. The molecule has 2 aliphatic rings. The summed E-state index contributed by atoms with van der Waals surface area (Å²) in [7, 11) is -0.0414. The molecule has 0 aliphatic carbocycles. The lowest BCUT2D eigenvalue weighted by molar-refractivity contribution is 0.00578. The molecule has 2 rings (SSSR count). The van der Waals surface area contributed by atoms with Crippen LogP contribution in [0.5, 0.6) is 0 Å². The van der Waals surface area contributed by atoms with Gasteiger partial charge < -0.3 is 14.2 Å². The van der Waals surface area contributed by atoms with Crippen LogP contribution >= 0.6 is 0 Å². The van der Waals surface area contributed by atoms with Gasteiger partial charge >= 0.3 is 7.12 Å². The molecule has 3 nitrogen and oxygen atoms in total. The molecule has 0 unspecified atom stereocenters. The number of nitrogens with zero attached hydrogens (tertiary/aromatic N) is 1. The molecule has 0 atom stereocenters. The van der Waals surface area contributed by atoms with Gasteiger partial charge in [-0.25, -0.2) is 0 Å². The predicted octanol–water partition coefficient (Wildman–Crippen LogP) is 1.32. The van der Waals surface area contributed by atoms with E-state index >= 15 is 0 Å². The summed E-state index contributed by atoms with van der Waals surface area (Å²) in [6.45, 7) is 10.8. The van der Waals surface area contributed by atoms with Crippen molar-refractivity contribution < 1.29 is 9.31 Å². The molecule has 2 fully saturated rings. The molecule has 0 aromatic rings. The highest BCUT2D eigenvalue weighted by molar-refractivity contribution is 6.45. The third kappa shape index (κ3) is 1.71. The SMILES string of the molecule is CC1(C)OB(CN2CCC2)OC1(C)C. The first-order chi connectivity index (χ1) is 6.41. The first-order valence-corrected chi connectivity index (χ1v) is 5.49. The summed E-state index contributed by atoms with van der Waals surface area (Å²) in [6, 6.07) is 0. The Morgan fingerprint density at radius 2 is 1.57 bits per heavy atom. The Kier molecular flexibility index (Phi) is 2.41. The van der Waals surface area contributed by atoms with Crippen molar-refractivity contribution in [3.05, 3.63) is 0 Å². The van der Waals surface area contributed by atoms with Crippen LogP contribution in [0, 0.1) is 0 Å². The third-order valence-electron chi connectivity index (χ3n) is 3.66. The molecule has 0 aromatic heterocycles. The number of hydrogen-bond acceptors (Lipinski definition) is 3. The van der Waals surface area contributed by atoms with Crippen molar-refractivity contribution in [1.29, 1.82) is 0 Å². The van der Waals surface area contributed by atoms with Gasteiger partial charge in [0.2, 0.25) is 0 Å². The van der Waals surface area contributed by atoms with Gasteiger partial charge in [-0.2, -0.15) is 0 Å². The molecule has 2 saturated heterocycles. The molecule has 2 aliphatic heterocycles. The van der Waals surface area contributed by atoms with E-state index < -0.39 is 0 Å². The summed E-state index contributed by atoms with van der Waals surface area (Å²) in [6.07, 6.45) is 2.24. The van der Waals surface area contributed by atoms with E-state index in [1.54, 1.807) is 0 Å². The number of rotatable bonds is 2. The minimum Gasteiger partial charge on any atom is -0.402 e. The van der Waals surface area contributed by atoms with Crippen LogP contribution in [-0.4, -0.2) is 42.8 Å². The van der Waals surface area contributed by atoms with Crippen LogP contribution in [0.2, 0.25) is 0 Å². The maximum absolute atomic E-state index is 5.91. The zero-order valence-corrected chi connectivity index (χ0v) is 9.67. The van der Waals surface area contributed by atoms with Gasteiger partial charge in [-0.1, -0.05) is 0 Å². The van der Waals surface area contributed by atoms with Gasteiger partial charge in [-0.15, -0.1) is 0 Å². The topological polar surface area (TPSA) is 21.7 Å². The Morgan fingerprint density at radius 1 is 1.07 bits per heavy atom. The number of hydrogen-bond donors (Lipinski definition) is 0. The van der Waals surface area contributed by atoms with Gasteiger partial charge in [0.1, 0.15) is 0 Å². The molecule has 4 heteroatoms. The summed E-state index contributed by atoms with van der Waals surface area (Å²) in [5.41, 5.74) is -0.356. The van der Waals surface area contributed by atoms with Crippen LogP contribution in [0.1, 0.15) is 34.1 Å². The van der Waals surface area contributed by atoms with E-state index in [1.807, 2.05) is 0 Å². The summed E-state index contributed by atoms with van der Waals surface area (Å²) in [5, 5.41) is 0. The van der Waals surface area contributed by atoms with E-state index in [1.165, 1.54) is 19.5 Å². The van der Waals surface area contributed by atoms with Crippen molar-refractivity contribution in [3.63, 3.8) is 0 Å². The van der Waals surface area contributed by atoms with E-state index in [-0.39, 0.29) is 18.3 Å². The van der Waals surface area contributed by atoms with Crippen LogP contribution in [0.15, 0.2) is 0 Å². The van der Waals surface area contributed by atoms with Crippen molar-refractivity contribution in [2.75, 3.05) is 19.5 Å². The van der Waals surface area contributed by atoms with Gasteiger partial charge in [0.25, 0.3) is 0 Å². The molecule has 0 spiro atoms. The maximum atomic E-state index is 5.91. The molecule has 0 saturated carbocycles. The molecule has 0 bridgehead atoms. The molecule has 80 valence electrons. The van der Waals surface area contributed by atoms with Crippen molar-refractivity contribution in [2.24, 2.45) is 0 Å². The van der Waals surface area contributed by atoms with Crippen LogP contribution in [-0.2, 0) is 9.31 Å². The summed E-state index contributed by atoms with van der Waals surface area (Å²) >= 11 is 0. The van der Waals surface area contributed by atoms with E-state index in [0.29, 0.717) is 0 Å². The quantitative estimate of drug-likeness (QED) is 0.623. The van der Waals surface area contributed by atoms with E-state index in [2.05, 4.69) is 32.6 Å². The van der Waals surface area contributed by atoms with Crippen LogP contribution in [0.4, 0.5) is 0 Å². The van der Waals surface area contributed by atoms with Crippen molar-refractivity contribution in [2.45, 2.75) is 45.3 Å². The fourth-order valence-electron chi connectivity index (χ4n) is 1.81. The van der Waals surface area contributed by atoms with Gasteiger partial charge in [0.15, 0.2) is 0 Å².